The second kappa shape index (κ2) is 3.20. The van der Waals surface area contributed by atoms with Crippen molar-refractivity contribution in [3.63, 3.8) is 0 Å². The molecular weight excluding hydrogens is 188 g/mol. The van der Waals surface area contributed by atoms with Gasteiger partial charge in [0.2, 0.25) is 0 Å². The number of hydrogen-bond acceptors (Lipinski definition) is 3. The monoisotopic (exact) mass is 194 g/mol. The number of halogens is 1. The van der Waals surface area contributed by atoms with Gasteiger partial charge in [0.1, 0.15) is 0 Å². The lowest BCUT2D eigenvalue weighted by Gasteiger charge is -2.12. The quantitative estimate of drug-likeness (QED) is 0.689. The van der Waals surface area contributed by atoms with E-state index in [4.69, 9.17) is 11.6 Å². The van der Waals surface area contributed by atoms with Crippen LogP contribution in [0.25, 0.3) is 0 Å². The molecule has 0 saturated carbocycles. The highest BCUT2D eigenvalue weighted by molar-refractivity contribution is 6.31. The molecule has 1 aromatic carbocycles. The molecule has 2 rings (SSSR count). The van der Waals surface area contributed by atoms with E-state index in [1.54, 1.807) is 24.4 Å². The Morgan fingerprint density at radius 1 is 1.38 bits per heavy atom. The maximum atomic E-state index is 9.46. The molecule has 4 heteroatoms. The number of hydrogen-bond donors (Lipinski definition) is 1. The fourth-order valence-corrected chi connectivity index (χ4v) is 1.32. The average molecular weight is 195 g/mol. The molecule has 1 N–H and O–H groups in total. The lowest BCUT2D eigenvalue weighted by molar-refractivity contribution is 0.296. The molecule has 0 aromatic heterocycles. The highest BCUT2D eigenvalue weighted by atomic mass is 35.5. The van der Waals surface area contributed by atoms with E-state index >= 15 is 0 Å². The summed E-state index contributed by atoms with van der Waals surface area (Å²) >= 11 is 5.80. The Bertz CT molecular complexity index is 387. The van der Waals surface area contributed by atoms with E-state index < -0.39 is 0 Å². The summed E-state index contributed by atoms with van der Waals surface area (Å²) in [4.78, 5) is 3.94. The third kappa shape index (κ3) is 1.56. The van der Waals surface area contributed by atoms with Gasteiger partial charge in [-0.1, -0.05) is 11.6 Å². The van der Waals surface area contributed by atoms with Crippen molar-refractivity contribution in [1.82, 2.24) is 0 Å². The SMILES string of the molecule is ON1C=CN=Cc2cc(Cl)ccc21. The lowest BCUT2D eigenvalue weighted by atomic mass is 10.2. The van der Waals surface area contributed by atoms with Gasteiger partial charge in [-0.2, -0.15) is 0 Å². The lowest BCUT2D eigenvalue weighted by Crippen LogP contribution is -2.09. The maximum absolute atomic E-state index is 9.46. The van der Waals surface area contributed by atoms with Crippen molar-refractivity contribution in [2.45, 2.75) is 0 Å². The van der Waals surface area contributed by atoms with E-state index in [9.17, 15) is 5.21 Å². The Morgan fingerprint density at radius 2 is 2.23 bits per heavy atom. The third-order valence-corrected chi connectivity index (χ3v) is 1.98. The first kappa shape index (κ1) is 8.29. The fourth-order valence-electron chi connectivity index (χ4n) is 1.14. The normalized spacial score (nSPS) is 14.2. The van der Waals surface area contributed by atoms with Crippen LogP contribution >= 0.6 is 11.6 Å². The van der Waals surface area contributed by atoms with Crippen molar-refractivity contribution in [2.24, 2.45) is 4.99 Å². The van der Waals surface area contributed by atoms with Crippen LogP contribution in [-0.4, -0.2) is 11.4 Å². The maximum Gasteiger partial charge on any atom is 0.0775 e. The minimum absolute atomic E-state index is 0.625. The summed E-state index contributed by atoms with van der Waals surface area (Å²) in [6, 6.07) is 5.20. The molecule has 0 unspecified atom stereocenters. The van der Waals surface area contributed by atoms with Crippen LogP contribution < -0.4 is 5.06 Å². The Morgan fingerprint density at radius 3 is 3.08 bits per heavy atom. The van der Waals surface area contributed by atoms with Gasteiger partial charge in [-0.15, -0.1) is 0 Å². The van der Waals surface area contributed by atoms with Crippen LogP contribution in [0.5, 0.6) is 0 Å². The number of anilines is 1. The molecule has 0 saturated heterocycles. The standard InChI is InChI=1S/C9H7ClN2O/c10-8-1-2-9-7(5-8)6-11-3-4-12(9)13/h1-6,13H. The number of aliphatic imine (C=N–C) groups is 1. The van der Waals surface area contributed by atoms with Crippen molar-refractivity contribution >= 4 is 23.5 Å². The van der Waals surface area contributed by atoms with E-state index in [0.29, 0.717) is 10.7 Å². The number of hydroxylamine groups is 1. The molecule has 0 amide bonds. The van der Waals surface area contributed by atoms with E-state index in [2.05, 4.69) is 4.99 Å². The Labute approximate surface area is 80.5 Å². The summed E-state index contributed by atoms with van der Waals surface area (Å²) in [7, 11) is 0. The van der Waals surface area contributed by atoms with E-state index in [1.165, 1.54) is 12.4 Å². The van der Waals surface area contributed by atoms with Crippen molar-refractivity contribution < 1.29 is 5.21 Å². The smallest absolute Gasteiger partial charge is 0.0775 e. The highest BCUT2D eigenvalue weighted by Crippen LogP contribution is 2.23. The average Bonchev–Trinajstić information content (AvgIpc) is 2.28. The molecule has 13 heavy (non-hydrogen) atoms. The topological polar surface area (TPSA) is 35.8 Å². The number of benzene rings is 1. The summed E-state index contributed by atoms with van der Waals surface area (Å²) < 4.78 is 0. The second-order valence-electron chi connectivity index (χ2n) is 2.62. The zero-order chi connectivity index (χ0) is 9.26. The van der Waals surface area contributed by atoms with Gasteiger partial charge in [0, 0.05) is 23.0 Å². The Hall–Kier alpha value is -1.32. The van der Waals surface area contributed by atoms with Crippen molar-refractivity contribution in [2.75, 3.05) is 5.06 Å². The van der Waals surface area contributed by atoms with E-state index in [0.717, 1.165) is 10.6 Å². The predicted molar refractivity (Wildman–Crippen MR) is 52.5 cm³/mol. The van der Waals surface area contributed by atoms with Crippen LogP contribution in [0.3, 0.4) is 0 Å². The van der Waals surface area contributed by atoms with Crippen LogP contribution in [0.2, 0.25) is 5.02 Å². The fraction of sp³-hybridized carbons (Fsp3) is 0. The van der Waals surface area contributed by atoms with Crippen molar-refractivity contribution in [3.8, 4) is 0 Å². The first-order chi connectivity index (χ1) is 6.27. The predicted octanol–water partition coefficient (Wildman–Crippen LogP) is 2.44. The second-order valence-corrected chi connectivity index (χ2v) is 3.06. The minimum atomic E-state index is 0.625. The summed E-state index contributed by atoms with van der Waals surface area (Å²) in [6.45, 7) is 0. The number of fused-ring (bicyclic) bond motifs is 1. The van der Waals surface area contributed by atoms with Crippen LogP contribution in [-0.2, 0) is 0 Å². The molecule has 1 aliphatic heterocycles. The summed E-state index contributed by atoms with van der Waals surface area (Å²) in [5.41, 5.74) is 1.46. The highest BCUT2D eigenvalue weighted by Gasteiger charge is 2.07. The zero-order valence-electron chi connectivity index (χ0n) is 6.68. The molecule has 0 radical (unpaired) electrons. The Balaban J connectivity index is 2.57. The molecule has 1 aliphatic rings. The molecule has 0 atom stereocenters. The molecule has 0 spiro atoms. The van der Waals surface area contributed by atoms with Gasteiger partial charge in [-0.3, -0.25) is 10.2 Å². The van der Waals surface area contributed by atoms with E-state index in [1.807, 2.05) is 0 Å². The van der Waals surface area contributed by atoms with Gasteiger partial charge < -0.3 is 0 Å². The van der Waals surface area contributed by atoms with Gasteiger partial charge in [-0.25, -0.2) is 5.06 Å². The van der Waals surface area contributed by atoms with Crippen LogP contribution in [0, 0.1) is 0 Å². The van der Waals surface area contributed by atoms with Gasteiger partial charge in [0.15, 0.2) is 0 Å². The molecule has 0 fully saturated rings. The molecule has 1 heterocycles. The summed E-state index contributed by atoms with van der Waals surface area (Å²) in [5.74, 6) is 0. The molecule has 0 bridgehead atoms. The van der Waals surface area contributed by atoms with Crippen molar-refractivity contribution in [3.05, 3.63) is 41.2 Å². The zero-order valence-corrected chi connectivity index (χ0v) is 7.44. The third-order valence-electron chi connectivity index (χ3n) is 1.74. The largest absolute Gasteiger partial charge is 0.284 e. The van der Waals surface area contributed by atoms with Crippen LogP contribution in [0.1, 0.15) is 5.56 Å². The first-order valence-electron chi connectivity index (χ1n) is 3.75. The Kier molecular flexibility index (Phi) is 2.04. The summed E-state index contributed by atoms with van der Waals surface area (Å²) in [5, 5.41) is 11.1. The van der Waals surface area contributed by atoms with Gasteiger partial charge in [0.05, 0.1) is 11.9 Å². The number of rotatable bonds is 0. The van der Waals surface area contributed by atoms with Gasteiger partial charge >= 0.3 is 0 Å². The summed E-state index contributed by atoms with van der Waals surface area (Å²) in [6.07, 6.45) is 4.62. The molecular formula is C9H7ClN2O. The van der Waals surface area contributed by atoms with Gasteiger partial charge in [0.25, 0.3) is 0 Å². The molecule has 66 valence electrons. The van der Waals surface area contributed by atoms with Gasteiger partial charge in [-0.05, 0) is 18.2 Å². The molecule has 1 aromatic rings. The minimum Gasteiger partial charge on any atom is -0.284 e. The van der Waals surface area contributed by atoms with Crippen molar-refractivity contribution in [1.29, 1.82) is 0 Å². The molecule has 3 nitrogen and oxygen atoms in total. The first-order valence-corrected chi connectivity index (χ1v) is 4.13. The van der Waals surface area contributed by atoms with Crippen LogP contribution in [0.4, 0.5) is 5.69 Å². The van der Waals surface area contributed by atoms with E-state index in [-0.39, 0.29) is 0 Å². The van der Waals surface area contributed by atoms with Crippen LogP contribution in [0.15, 0.2) is 35.6 Å². The molecule has 0 aliphatic carbocycles. The number of nitrogens with zero attached hydrogens (tertiary/aromatic N) is 2.